The van der Waals surface area contributed by atoms with Crippen molar-refractivity contribution in [2.75, 3.05) is 18.6 Å². The number of nitrogens with zero attached hydrogens (tertiary/aromatic N) is 1. The van der Waals surface area contributed by atoms with Crippen LogP contribution < -0.4 is 11.1 Å². The number of thioether (sulfide) groups is 1. The highest BCUT2D eigenvalue weighted by Gasteiger charge is 2.35. The second kappa shape index (κ2) is 6.02. The normalized spacial score (nSPS) is 22.3. The number of rotatable bonds is 4. The zero-order valence-corrected chi connectivity index (χ0v) is 10.8. The molecule has 3 amide bonds. The first-order valence-electron chi connectivity index (χ1n) is 5.36. The fourth-order valence-electron chi connectivity index (χ4n) is 1.56. The molecule has 0 aromatic heterocycles. The first kappa shape index (κ1) is 14.0. The zero-order chi connectivity index (χ0) is 13.0. The lowest BCUT2D eigenvalue weighted by molar-refractivity contribution is -0.150. The number of imide groups is 1. The molecular formula is C10H17N3O3S. The maximum Gasteiger partial charge on any atom is 0.249 e. The van der Waals surface area contributed by atoms with Crippen LogP contribution in [0.3, 0.4) is 0 Å². The van der Waals surface area contributed by atoms with E-state index in [0.717, 1.165) is 5.75 Å². The molecule has 0 aromatic rings. The van der Waals surface area contributed by atoms with E-state index in [0.29, 0.717) is 6.42 Å². The Morgan fingerprint density at radius 1 is 1.65 bits per heavy atom. The Morgan fingerprint density at radius 2 is 2.29 bits per heavy atom. The molecule has 17 heavy (non-hydrogen) atoms. The summed E-state index contributed by atoms with van der Waals surface area (Å²) in [5, 5.41) is 2.18. The van der Waals surface area contributed by atoms with Gasteiger partial charge in [-0.15, -0.1) is 0 Å². The maximum atomic E-state index is 12.0. The highest BCUT2D eigenvalue weighted by molar-refractivity contribution is 7.98. The summed E-state index contributed by atoms with van der Waals surface area (Å²) in [7, 11) is 0. The van der Waals surface area contributed by atoms with Gasteiger partial charge in [0.05, 0.1) is 6.04 Å². The topological polar surface area (TPSA) is 92.5 Å². The van der Waals surface area contributed by atoms with Gasteiger partial charge in [-0.1, -0.05) is 0 Å². The highest BCUT2D eigenvalue weighted by Crippen LogP contribution is 2.09. The van der Waals surface area contributed by atoms with Crippen molar-refractivity contribution in [1.29, 1.82) is 0 Å². The van der Waals surface area contributed by atoms with Crippen LogP contribution in [-0.4, -0.2) is 53.3 Å². The van der Waals surface area contributed by atoms with Crippen molar-refractivity contribution >= 4 is 29.5 Å². The number of amides is 3. The Hall–Kier alpha value is -1.08. The second-order valence-corrected chi connectivity index (χ2v) is 4.93. The van der Waals surface area contributed by atoms with Crippen LogP contribution in [0.4, 0.5) is 0 Å². The van der Waals surface area contributed by atoms with Gasteiger partial charge in [-0.05, 0) is 25.4 Å². The third-order valence-corrected chi connectivity index (χ3v) is 3.30. The van der Waals surface area contributed by atoms with Crippen molar-refractivity contribution in [3.63, 3.8) is 0 Å². The van der Waals surface area contributed by atoms with E-state index in [-0.39, 0.29) is 12.5 Å². The second-order valence-electron chi connectivity index (χ2n) is 3.94. The summed E-state index contributed by atoms with van der Waals surface area (Å²) in [6, 6.07) is -1.29. The molecule has 0 bridgehead atoms. The van der Waals surface area contributed by atoms with Gasteiger partial charge in [0.2, 0.25) is 17.7 Å². The standard InChI is InChI=1S/C10H17N3O3S/c1-6-9(15)12-8(14)5-13(6)10(16)7(11)3-4-17-2/h6-7H,3-5,11H2,1-2H3,(H,12,14,15)/t6?,7-/m0/s1. The Labute approximate surface area is 104 Å². The third-order valence-electron chi connectivity index (χ3n) is 2.66. The minimum Gasteiger partial charge on any atom is -0.320 e. The predicted octanol–water partition coefficient (Wildman–Crippen LogP) is -1.06. The maximum absolute atomic E-state index is 12.0. The molecule has 1 fully saturated rings. The van der Waals surface area contributed by atoms with Crippen LogP contribution in [0.5, 0.6) is 0 Å². The summed E-state index contributed by atoms with van der Waals surface area (Å²) < 4.78 is 0. The van der Waals surface area contributed by atoms with Crippen molar-refractivity contribution in [1.82, 2.24) is 10.2 Å². The summed E-state index contributed by atoms with van der Waals surface area (Å²) in [4.78, 5) is 35.8. The average molecular weight is 259 g/mol. The fraction of sp³-hybridized carbons (Fsp3) is 0.700. The van der Waals surface area contributed by atoms with Crippen molar-refractivity contribution in [3.05, 3.63) is 0 Å². The molecule has 1 heterocycles. The van der Waals surface area contributed by atoms with Crippen molar-refractivity contribution in [2.24, 2.45) is 5.73 Å². The molecule has 1 unspecified atom stereocenters. The van der Waals surface area contributed by atoms with Crippen LogP contribution in [0.25, 0.3) is 0 Å². The number of nitrogens with one attached hydrogen (secondary N) is 1. The number of nitrogens with two attached hydrogens (primary N) is 1. The quantitative estimate of drug-likeness (QED) is 0.628. The van der Waals surface area contributed by atoms with Gasteiger partial charge >= 0.3 is 0 Å². The van der Waals surface area contributed by atoms with Gasteiger partial charge in [-0.2, -0.15) is 11.8 Å². The van der Waals surface area contributed by atoms with Gasteiger partial charge in [0.15, 0.2) is 0 Å². The summed E-state index contributed by atoms with van der Waals surface area (Å²) in [5.41, 5.74) is 5.74. The lowest BCUT2D eigenvalue weighted by atomic mass is 10.1. The van der Waals surface area contributed by atoms with Crippen molar-refractivity contribution in [2.45, 2.75) is 25.4 Å². The van der Waals surface area contributed by atoms with Crippen LogP contribution in [-0.2, 0) is 14.4 Å². The molecule has 3 N–H and O–H groups in total. The van der Waals surface area contributed by atoms with E-state index >= 15 is 0 Å². The number of hydrogen-bond donors (Lipinski definition) is 2. The van der Waals surface area contributed by atoms with Crippen LogP contribution in [0, 0.1) is 0 Å². The molecule has 1 saturated heterocycles. The third kappa shape index (κ3) is 3.44. The molecule has 0 aromatic carbocycles. The number of carbonyl (C=O) groups is 3. The highest BCUT2D eigenvalue weighted by atomic mass is 32.2. The van der Waals surface area contributed by atoms with Crippen LogP contribution in [0.15, 0.2) is 0 Å². The van der Waals surface area contributed by atoms with E-state index in [9.17, 15) is 14.4 Å². The molecule has 2 atom stereocenters. The van der Waals surface area contributed by atoms with E-state index in [1.165, 1.54) is 4.90 Å². The van der Waals surface area contributed by atoms with E-state index in [4.69, 9.17) is 5.73 Å². The smallest absolute Gasteiger partial charge is 0.249 e. The number of piperazine rings is 1. The number of carbonyl (C=O) groups excluding carboxylic acids is 3. The molecule has 7 heteroatoms. The molecule has 1 aliphatic rings. The van der Waals surface area contributed by atoms with Gasteiger partial charge in [0, 0.05) is 0 Å². The van der Waals surface area contributed by atoms with Gasteiger partial charge in [-0.25, -0.2) is 0 Å². The number of hydrogen-bond acceptors (Lipinski definition) is 5. The monoisotopic (exact) mass is 259 g/mol. The SMILES string of the molecule is CSCC[C@H](N)C(=O)N1CC(=O)NC(=O)C1C. The molecule has 6 nitrogen and oxygen atoms in total. The van der Waals surface area contributed by atoms with Gasteiger partial charge in [0.1, 0.15) is 12.6 Å². The summed E-state index contributed by atoms with van der Waals surface area (Å²) >= 11 is 1.60. The molecule has 0 radical (unpaired) electrons. The van der Waals surface area contributed by atoms with Crippen LogP contribution in [0.1, 0.15) is 13.3 Å². The first-order valence-corrected chi connectivity index (χ1v) is 6.75. The van der Waals surface area contributed by atoms with Crippen molar-refractivity contribution in [3.8, 4) is 0 Å². The first-order chi connectivity index (χ1) is 7.97. The molecule has 1 rings (SSSR count). The van der Waals surface area contributed by atoms with E-state index in [1.54, 1.807) is 18.7 Å². The molecule has 1 aliphatic heterocycles. The molecule has 0 aliphatic carbocycles. The molecule has 0 spiro atoms. The van der Waals surface area contributed by atoms with E-state index < -0.39 is 23.9 Å². The minimum absolute atomic E-state index is 0.0985. The summed E-state index contributed by atoms with van der Waals surface area (Å²) in [6.45, 7) is 1.49. The largest absolute Gasteiger partial charge is 0.320 e. The molecular weight excluding hydrogens is 242 g/mol. The summed E-state index contributed by atoms with van der Waals surface area (Å²) in [6.07, 6.45) is 2.47. The van der Waals surface area contributed by atoms with Crippen molar-refractivity contribution < 1.29 is 14.4 Å². The Bertz CT molecular complexity index is 335. The van der Waals surface area contributed by atoms with Crippen LogP contribution in [0.2, 0.25) is 0 Å². The van der Waals surface area contributed by atoms with E-state index in [2.05, 4.69) is 5.32 Å². The average Bonchev–Trinajstić information content (AvgIpc) is 2.29. The predicted molar refractivity (Wildman–Crippen MR) is 65.3 cm³/mol. The Balaban J connectivity index is 2.66. The summed E-state index contributed by atoms with van der Waals surface area (Å²) in [5.74, 6) is -0.477. The lowest BCUT2D eigenvalue weighted by Crippen LogP contribution is -2.61. The Kier molecular flexibility index (Phi) is 4.95. The van der Waals surface area contributed by atoms with E-state index in [1.807, 2.05) is 6.26 Å². The van der Waals surface area contributed by atoms with Gasteiger partial charge in [-0.3, -0.25) is 19.7 Å². The fourth-order valence-corrected chi connectivity index (χ4v) is 2.05. The van der Waals surface area contributed by atoms with Gasteiger partial charge in [0.25, 0.3) is 0 Å². The minimum atomic E-state index is -0.649. The molecule has 96 valence electrons. The lowest BCUT2D eigenvalue weighted by Gasteiger charge is -2.33. The zero-order valence-electron chi connectivity index (χ0n) is 9.93. The Morgan fingerprint density at radius 3 is 2.88 bits per heavy atom. The van der Waals surface area contributed by atoms with Gasteiger partial charge < -0.3 is 10.6 Å². The van der Waals surface area contributed by atoms with Crippen LogP contribution >= 0.6 is 11.8 Å². The molecule has 0 saturated carbocycles.